The average molecular weight is 238 g/mol. The molecule has 4 nitrogen and oxygen atoms in total. The zero-order valence-electron chi connectivity index (χ0n) is 7.70. The average Bonchev–Trinajstić information content (AvgIpc) is 2.26. The van der Waals surface area contributed by atoms with Gasteiger partial charge in [-0.05, 0) is 13.8 Å². The van der Waals surface area contributed by atoms with Gasteiger partial charge in [0.2, 0.25) is 0 Å². The van der Waals surface area contributed by atoms with Gasteiger partial charge in [-0.25, -0.2) is 18.5 Å². The Morgan fingerprint density at radius 1 is 1.71 bits per heavy atom. The largest absolute Gasteiger partial charge is 0.386 e. The van der Waals surface area contributed by atoms with Crippen molar-refractivity contribution in [2.45, 2.75) is 23.7 Å². The van der Waals surface area contributed by atoms with Crippen LogP contribution in [0.3, 0.4) is 0 Å². The van der Waals surface area contributed by atoms with Gasteiger partial charge in [-0.2, -0.15) is 0 Å². The zero-order valence-corrected chi connectivity index (χ0v) is 9.34. The van der Waals surface area contributed by atoms with Crippen LogP contribution >= 0.6 is 11.3 Å². The van der Waals surface area contributed by atoms with Crippen LogP contribution in [0.2, 0.25) is 0 Å². The molecule has 1 rings (SSSR count). The van der Waals surface area contributed by atoms with E-state index in [0.29, 0.717) is 0 Å². The summed E-state index contributed by atoms with van der Waals surface area (Å²) >= 11 is 0.787. The minimum Gasteiger partial charge on any atom is -0.386 e. The molecule has 1 aromatic rings. The molecule has 0 aliphatic carbocycles. The molecule has 4 N–H and O–H groups in total. The lowest BCUT2D eigenvalue weighted by molar-refractivity contribution is 0.0748. The van der Waals surface area contributed by atoms with Crippen LogP contribution in [0.15, 0.2) is 9.59 Å². The molecule has 1 aromatic heterocycles. The summed E-state index contributed by atoms with van der Waals surface area (Å²) in [5, 5.41) is 15.8. The minimum atomic E-state index is -3.54. The van der Waals surface area contributed by atoms with Gasteiger partial charge in [0.25, 0.3) is 0 Å². The highest BCUT2D eigenvalue weighted by atomic mass is 32.2. The fourth-order valence-corrected chi connectivity index (χ4v) is 2.87. The van der Waals surface area contributed by atoms with Crippen molar-refractivity contribution in [1.29, 1.82) is 4.78 Å². The number of halogens is 1. The molecule has 0 bridgehead atoms. The number of hydrogen-bond acceptors (Lipinski definition) is 4. The number of nitrogens with two attached hydrogens (primary N) is 1. The van der Waals surface area contributed by atoms with Crippen LogP contribution in [-0.4, -0.2) is 9.32 Å². The van der Waals surface area contributed by atoms with Gasteiger partial charge in [-0.3, -0.25) is 0 Å². The molecule has 80 valence electrons. The van der Waals surface area contributed by atoms with Crippen LogP contribution in [0.4, 0.5) is 4.39 Å². The first-order valence-electron chi connectivity index (χ1n) is 3.70. The number of aliphatic hydroxyl groups is 1. The molecule has 0 aliphatic heterocycles. The van der Waals surface area contributed by atoms with E-state index in [9.17, 15) is 13.7 Å². The molecule has 0 fully saturated rings. The summed E-state index contributed by atoms with van der Waals surface area (Å²) in [6, 6.07) is 0. The third-order valence-corrected chi connectivity index (χ3v) is 4.14. The van der Waals surface area contributed by atoms with Gasteiger partial charge < -0.3 is 5.11 Å². The highest BCUT2D eigenvalue weighted by molar-refractivity contribution is 7.92. The number of thiophene rings is 1. The third-order valence-electron chi connectivity index (χ3n) is 1.63. The van der Waals surface area contributed by atoms with Crippen molar-refractivity contribution in [1.82, 2.24) is 0 Å². The second kappa shape index (κ2) is 3.27. The molecule has 0 saturated heterocycles. The molecule has 0 aromatic carbocycles. The molecule has 1 atom stereocenters. The molecule has 7 heteroatoms. The summed E-state index contributed by atoms with van der Waals surface area (Å²) in [4.78, 5) is 0. The zero-order chi connectivity index (χ0) is 11.1. The van der Waals surface area contributed by atoms with Gasteiger partial charge in [-0.15, -0.1) is 11.3 Å². The Bertz CT molecular complexity index is 445. The first-order chi connectivity index (χ1) is 6.14. The van der Waals surface area contributed by atoms with Crippen LogP contribution < -0.4 is 5.14 Å². The first-order valence-corrected chi connectivity index (χ1v) is 6.20. The van der Waals surface area contributed by atoms with Crippen molar-refractivity contribution in [2.24, 2.45) is 5.14 Å². The van der Waals surface area contributed by atoms with Crippen molar-refractivity contribution >= 4 is 21.3 Å². The fourth-order valence-electron chi connectivity index (χ4n) is 0.943. The summed E-state index contributed by atoms with van der Waals surface area (Å²) in [6.45, 7) is 2.81. The van der Waals surface area contributed by atoms with Crippen molar-refractivity contribution in [3.63, 3.8) is 0 Å². The van der Waals surface area contributed by atoms with Crippen LogP contribution in [0.5, 0.6) is 0 Å². The SMILES string of the molecule is CC(C)(O)c1csc(S(=N)(N)=O)c1F. The molecule has 1 heterocycles. The normalized spacial score (nSPS) is 16.6. The molecular weight excluding hydrogens is 227 g/mol. The Kier molecular flexibility index (Phi) is 2.70. The molecule has 0 radical (unpaired) electrons. The maximum atomic E-state index is 13.5. The minimum absolute atomic E-state index is 0.0166. The standard InChI is InChI=1S/C7H11FN2O2S2/c1-7(2,11)4-3-13-6(5(4)8)14(9,10)12/h3,11H,1-2H3,(H3,9,10,12). The lowest BCUT2D eigenvalue weighted by Gasteiger charge is -2.15. The summed E-state index contributed by atoms with van der Waals surface area (Å²) in [5.41, 5.74) is -1.34. The quantitative estimate of drug-likeness (QED) is 0.727. The lowest BCUT2D eigenvalue weighted by Crippen LogP contribution is -2.17. The maximum absolute atomic E-state index is 13.5. The maximum Gasteiger partial charge on any atom is 0.158 e. The molecule has 0 saturated carbocycles. The van der Waals surface area contributed by atoms with E-state index in [1.54, 1.807) is 0 Å². The van der Waals surface area contributed by atoms with E-state index in [4.69, 9.17) is 9.92 Å². The van der Waals surface area contributed by atoms with Crippen molar-refractivity contribution in [2.75, 3.05) is 0 Å². The van der Waals surface area contributed by atoms with E-state index in [0.717, 1.165) is 11.3 Å². The van der Waals surface area contributed by atoms with Crippen molar-refractivity contribution < 1.29 is 13.7 Å². The van der Waals surface area contributed by atoms with Gasteiger partial charge in [0.05, 0.1) is 5.60 Å². The Balaban J connectivity index is 3.37. The number of rotatable bonds is 2. The van der Waals surface area contributed by atoms with E-state index in [-0.39, 0.29) is 9.77 Å². The van der Waals surface area contributed by atoms with Gasteiger partial charge in [0.15, 0.2) is 10.0 Å². The summed E-state index contributed by atoms with van der Waals surface area (Å²) < 4.78 is 31.3. The summed E-state index contributed by atoms with van der Waals surface area (Å²) in [5.74, 6) is -0.843. The second-order valence-corrected chi connectivity index (χ2v) is 6.16. The van der Waals surface area contributed by atoms with E-state index in [1.165, 1.54) is 19.2 Å². The van der Waals surface area contributed by atoms with E-state index in [1.807, 2.05) is 0 Å². The van der Waals surface area contributed by atoms with Crippen LogP contribution in [0, 0.1) is 10.6 Å². The lowest BCUT2D eigenvalue weighted by atomic mass is 10.0. The van der Waals surface area contributed by atoms with Gasteiger partial charge >= 0.3 is 0 Å². The molecular formula is C7H11FN2O2S2. The van der Waals surface area contributed by atoms with E-state index < -0.39 is 21.3 Å². The fraction of sp³-hybridized carbons (Fsp3) is 0.429. The van der Waals surface area contributed by atoms with E-state index in [2.05, 4.69) is 0 Å². The predicted molar refractivity (Wildman–Crippen MR) is 52.8 cm³/mol. The highest BCUT2D eigenvalue weighted by Gasteiger charge is 2.27. The Labute approximate surface area is 85.7 Å². The van der Waals surface area contributed by atoms with Gasteiger partial charge in [0.1, 0.15) is 9.92 Å². The Hall–Kier alpha value is -0.500. The molecule has 14 heavy (non-hydrogen) atoms. The summed E-state index contributed by atoms with van der Waals surface area (Å²) in [6.07, 6.45) is 0. The third kappa shape index (κ3) is 2.11. The first kappa shape index (κ1) is 11.6. The van der Waals surface area contributed by atoms with Crippen molar-refractivity contribution in [3.8, 4) is 0 Å². The number of nitrogens with one attached hydrogen (secondary N) is 1. The predicted octanol–water partition coefficient (Wildman–Crippen LogP) is 1.39. The number of hydrogen-bond donors (Lipinski definition) is 3. The van der Waals surface area contributed by atoms with Crippen LogP contribution in [0.25, 0.3) is 0 Å². The molecule has 1 unspecified atom stereocenters. The molecule has 0 amide bonds. The molecule has 0 spiro atoms. The molecule has 0 aliphatic rings. The summed E-state index contributed by atoms with van der Waals surface area (Å²) in [7, 11) is -3.54. The van der Waals surface area contributed by atoms with Crippen molar-refractivity contribution in [3.05, 3.63) is 16.8 Å². The van der Waals surface area contributed by atoms with Crippen LogP contribution in [0.1, 0.15) is 19.4 Å². The van der Waals surface area contributed by atoms with E-state index >= 15 is 0 Å². The Morgan fingerprint density at radius 3 is 2.43 bits per heavy atom. The topological polar surface area (TPSA) is 87.2 Å². The van der Waals surface area contributed by atoms with Gasteiger partial charge in [-0.1, -0.05) is 0 Å². The van der Waals surface area contributed by atoms with Gasteiger partial charge in [0, 0.05) is 10.9 Å². The smallest absolute Gasteiger partial charge is 0.158 e. The second-order valence-electron chi connectivity index (χ2n) is 3.41. The Morgan fingerprint density at radius 2 is 2.21 bits per heavy atom. The monoisotopic (exact) mass is 238 g/mol. The van der Waals surface area contributed by atoms with Crippen LogP contribution in [-0.2, 0) is 15.5 Å². The highest BCUT2D eigenvalue weighted by Crippen LogP contribution is 2.31.